The Bertz CT molecular complexity index is 545. The molecule has 0 bridgehead atoms. The molecule has 0 saturated heterocycles. The van der Waals surface area contributed by atoms with Crippen LogP contribution < -0.4 is 4.74 Å². The van der Waals surface area contributed by atoms with Crippen molar-refractivity contribution < 1.29 is 4.74 Å². The Morgan fingerprint density at radius 1 is 1.38 bits per heavy atom. The van der Waals surface area contributed by atoms with Gasteiger partial charge in [-0.3, -0.25) is 0 Å². The standard InChI is InChI=1S/C11H8BrCl2NO/c1-2-16-8-4-3-7(12)10-6(8)5-9(13)15-11(10)14/h3-5H,2H2,1H3. The average molecular weight is 321 g/mol. The Balaban J connectivity index is 2.81. The fraction of sp³-hybridized carbons (Fsp3) is 0.182. The quantitative estimate of drug-likeness (QED) is 0.748. The summed E-state index contributed by atoms with van der Waals surface area (Å²) in [6.45, 7) is 2.52. The van der Waals surface area contributed by atoms with Crippen LogP contribution in [0.5, 0.6) is 5.75 Å². The minimum absolute atomic E-state index is 0.358. The van der Waals surface area contributed by atoms with Gasteiger partial charge >= 0.3 is 0 Å². The summed E-state index contributed by atoms with van der Waals surface area (Å²) < 4.78 is 6.39. The third-order valence-corrected chi connectivity index (χ3v) is 3.26. The number of halogens is 3. The van der Waals surface area contributed by atoms with Gasteiger partial charge in [0.15, 0.2) is 0 Å². The van der Waals surface area contributed by atoms with E-state index in [1.807, 2.05) is 19.1 Å². The van der Waals surface area contributed by atoms with Crippen molar-refractivity contribution in [2.45, 2.75) is 6.92 Å². The molecule has 1 heterocycles. The summed E-state index contributed by atoms with van der Waals surface area (Å²) in [4.78, 5) is 4.01. The number of hydrogen-bond acceptors (Lipinski definition) is 2. The zero-order valence-corrected chi connectivity index (χ0v) is 11.5. The maximum Gasteiger partial charge on any atom is 0.139 e. The minimum atomic E-state index is 0.358. The number of ether oxygens (including phenoxy) is 1. The van der Waals surface area contributed by atoms with E-state index in [2.05, 4.69) is 20.9 Å². The van der Waals surface area contributed by atoms with Gasteiger partial charge < -0.3 is 4.74 Å². The molecule has 0 fully saturated rings. The van der Waals surface area contributed by atoms with Crippen molar-refractivity contribution in [2.24, 2.45) is 0 Å². The van der Waals surface area contributed by atoms with Gasteiger partial charge in [-0.05, 0) is 25.1 Å². The van der Waals surface area contributed by atoms with Crippen LogP contribution in [-0.2, 0) is 0 Å². The number of benzene rings is 1. The summed E-state index contributed by atoms with van der Waals surface area (Å²) in [7, 11) is 0. The van der Waals surface area contributed by atoms with Crippen LogP contribution in [0, 0.1) is 0 Å². The van der Waals surface area contributed by atoms with Crippen molar-refractivity contribution in [1.82, 2.24) is 4.98 Å². The molecule has 0 saturated carbocycles. The first-order chi connectivity index (χ1) is 7.63. The van der Waals surface area contributed by atoms with Crippen LogP contribution >= 0.6 is 39.1 Å². The molecule has 2 aromatic rings. The molecule has 0 unspecified atom stereocenters. The summed E-state index contributed by atoms with van der Waals surface area (Å²) in [6, 6.07) is 5.51. The molecular formula is C11H8BrCl2NO. The topological polar surface area (TPSA) is 22.1 Å². The number of pyridine rings is 1. The molecule has 0 aliphatic heterocycles. The molecule has 5 heteroatoms. The van der Waals surface area contributed by atoms with Crippen molar-refractivity contribution >= 4 is 49.9 Å². The molecule has 0 amide bonds. The molecule has 2 nitrogen and oxygen atoms in total. The van der Waals surface area contributed by atoms with Gasteiger partial charge in [-0.2, -0.15) is 0 Å². The van der Waals surface area contributed by atoms with E-state index in [4.69, 9.17) is 27.9 Å². The van der Waals surface area contributed by atoms with E-state index in [9.17, 15) is 0 Å². The van der Waals surface area contributed by atoms with Gasteiger partial charge in [-0.25, -0.2) is 4.98 Å². The van der Waals surface area contributed by atoms with E-state index in [1.54, 1.807) is 6.07 Å². The number of aromatic nitrogens is 1. The monoisotopic (exact) mass is 319 g/mol. The number of hydrogen-bond donors (Lipinski definition) is 0. The molecule has 84 valence electrons. The van der Waals surface area contributed by atoms with Gasteiger partial charge in [0.25, 0.3) is 0 Å². The van der Waals surface area contributed by atoms with E-state index in [0.717, 1.165) is 21.0 Å². The van der Waals surface area contributed by atoms with Crippen LogP contribution in [0.25, 0.3) is 10.8 Å². The molecule has 1 aromatic carbocycles. The lowest BCUT2D eigenvalue weighted by molar-refractivity contribution is 0.344. The molecular weight excluding hydrogens is 313 g/mol. The van der Waals surface area contributed by atoms with Crippen molar-refractivity contribution in [1.29, 1.82) is 0 Å². The third-order valence-electron chi connectivity index (χ3n) is 2.13. The van der Waals surface area contributed by atoms with Crippen LogP contribution in [0.4, 0.5) is 0 Å². The molecule has 0 radical (unpaired) electrons. The molecule has 0 N–H and O–H groups in total. The molecule has 0 spiro atoms. The number of rotatable bonds is 2. The normalized spacial score (nSPS) is 10.8. The number of nitrogens with zero attached hydrogens (tertiary/aromatic N) is 1. The molecule has 2 rings (SSSR count). The highest BCUT2D eigenvalue weighted by Gasteiger charge is 2.11. The summed E-state index contributed by atoms with van der Waals surface area (Å²) in [6.07, 6.45) is 0. The zero-order chi connectivity index (χ0) is 11.7. The van der Waals surface area contributed by atoms with Crippen LogP contribution in [0.1, 0.15) is 6.92 Å². The van der Waals surface area contributed by atoms with Crippen molar-refractivity contribution in [3.05, 3.63) is 33.0 Å². The molecule has 0 aliphatic carbocycles. The van der Waals surface area contributed by atoms with Gasteiger partial charge in [-0.15, -0.1) is 0 Å². The second-order valence-electron chi connectivity index (χ2n) is 3.14. The first-order valence-electron chi connectivity index (χ1n) is 4.70. The lowest BCUT2D eigenvalue weighted by Crippen LogP contribution is -1.93. The van der Waals surface area contributed by atoms with E-state index in [-0.39, 0.29) is 0 Å². The molecule has 0 aliphatic rings. The smallest absolute Gasteiger partial charge is 0.139 e. The van der Waals surface area contributed by atoms with Gasteiger partial charge in [0.05, 0.1) is 6.61 Å². The summed E-state index contributed by atoms with van der Waals surface area (Å²) >= 11 is 15.4. The highest BCUT2D eigenvalue weighted by molar-refractivity contribution is 9.10. The summed E-state index contributed by atoms with van der Waals surface area (Å²) in [5.41, 5.74) is 0. The van der Waals surface area contributed by atoms with E-state index >= 15 is 0 Å². The second kappa shape index (κ2) is 4.78. The first kappa shape index (κ1) is 12.0. The Hall–Kier alpha value is -0.510. The molecule has 16 heavy (non-hydrogen) atoms. The van der Waals surface area contributed by atoms with Crippen molar-refractivity contribution in [3.8, 4) is 5.75 Å². The maximum absolute atomic E-state index is 6.06. The van der Waals surface area contributed by atoms with E-state index in [0.29, 0.717) is 16.9 Å². The van der Waals surface area contributed by atoms with E-state index in [1.165, 1.54) is 0 Å². The van der Waals surface area contributed by atoms with Crippen LogP contribution in [-0.4, -0.2) is 11.6 Å². The third kappa shape index (κ3) is 2.12. The van der Waals surface area contributed by atoms with Crippen LogP contribution in [0.15, 0.2) is 22.7 Å². The average Bonchev–Trinajstić information content (AvgIpc) is 2.21. The molecule has 0 atom stereocenters. The zero-order valence-electron chi connectivity index (χ0n) is 8.43. The Morgan fingerprint density at radius 2 is 2.12 bits per heavy atom. The predicted octanol–water partition coefficient (Wildman–Crippen LogP) is 4.70. The van der Waals surface area contributed by atoms with Crippen molar-refractivity contribution in [2.75, 3.05) is 6.61 Å². The van der Waals surface area contributed by atoms with Gasteiger partial charge in [0.2, 0.25) is 0 Å². The SMILES string of the molecule is CCOc1ccc(Br)c2c(Cl)nc(Cl)cc12. The highest BCUT2D eigenvalue weighted by Crippen LogP contribution is 2.36. The van der Waals surface area contributed by atoms with E-state index < -0.39 is 0 Å². The summed E-state index contributed by atoms with van der Waals surface area (Å²) in [5.74, 6) is 0.756. The molecule has 1 aromatic heterocycles. The predicted molar refractivity (Wildman–Crippen MR) is 70.6 cm³/mol. The summed E-state index contributed by atoms with van der Waals surface area (Å²) in [5, 5.41) is 2.41. The number of fused-ring (bicyclic) bond motifs is 1. The van der Waals surface area contributed by atoms with Gasteiger partial charge in [0, 0.05) is 15.2 Å². The van der Waals surface area contributed by atoms with Crippen LogP contribution in [0.3, 0.4) is 0 Å². The largest absolute Gasteiger partial charge is 0.493 e. The van der Waals surface area contributed by atoms with Gasteiger partial charge in [0.1, 0.15) is 16.1 Å². The van der Waals surface area contributed by atoms with Gasteiger partial charge in [-0.1, -0.05) is 39.1 Å². The Kier molecular flexibility index (Phi) is 3.57. The Labute approximate surface area is 112 Å². The Morgan fingerprint density at radius 3 is 2.81 bits per heavy atom. The fourth-order valence-electron chi connectivity index (χ4n) is 1.51. The van der Waals surface area contributed by atoms with Crippen molar-refractivity contribution in [3.63, 3.8) is 0 Å². The van der Waals surface area contributed by atoms with Crippen LogP contribution in [0.2, 0.25) is 10.3 Å². The second-order valence-corrected chi connectivity index (χ2v) is 4.74. The fourth-order valence-corrected chi connectivity index (χ4v) is 2.69. The highest BCUT2D eigenvalue weighted by atomic mass is 79.9. The lowest BCUT2D eigenvalue weighted by Gasteiger charge is -2.09. The minimum Gasteiger partial charge on any atom is -0.493 e. The maximum atomic E-state index is 6.06. The first-order valence-corrected chi connectivity index (χ1v) is 6.25. The lowest BCUT2D eigenvalue weighted by atomic mass is 10.1.